The fraction of sp³-hybridized carbons (Fsp3) is 0.500. The summed E-state index contributed by atoms with van der Waals surface area (Å²) in [4.78, 5) is 2.19. The van der Waals surface area contributed by atoms with E-state index in [2.05, 4.69) is 51.8 Å². The zero-order valence-electron chi connectivity index (χ0n) is 10.8. The van der Waals surface area contributed by atoms with E-state index in [-0.39, 0.29) is 5.54 Å². The molecule has 0 radical (unpaired) electrons. The molecule has 0 N–H and O–H groups in total. The van der Waals surface area contributed by atoms with Crippen LogP contribution in [-0.2, 0) is 0 Å². The lowest BCUT2D eigenvalue weighted by atomic mass is 9.97. The van der Waals surface area contributed by atoms with Gasteiger partial charge < -0.3 is 4.90 Å². The van der Waals surface area contributed by atoms with Crippen LogP contribution in [0.3, 0.4) is 0 Å². The minimum atomic E-state index is 0.0688. The summed E-state index contributed by atoms with van der Waals surface area (Å²) in [5, 5.41) is 9.12. The first-order chi connectivity index (χ1) is 7.42. The molecule has 0 atom stereocenters. The number of hydrogen-bond acceptors (Lipinski definition) is 2. The molecule has 0 saturated carbocycles. The number of anilines is 1. The van der Waals surface area contributed by atoms with Crippen LogP contribution in [0.2, 0.25) is 0 Å². The SMILES string of the molecule is CCC(C)(C)N(C)c1cc(C)ccc1C#N. The molecule has 0 saturated heterocycles. The lowest BCUT2D eigenvalue weighted by Crippen LogP contribution is -2.41. The molecule has 1 rings (SSSR count). The van der Waals surface area contributed by atoms with Gasteiger partial charge in [-0.05, 0) is 44.9 Å². The summed E-state index contributed by atoms with van der Waals surface area (Å²) >= 11 is 0. The summed E-state index contributed by atoms with van der Waals surface area (Å²) in [5.41, 5.74) is 3.02. The molecule has 0 amide bonds. The summed E-state index contributed by atoms with van der Waals surface area (Å²) < 4.78 is 0. The fourth-order valence-electron chi connectivity index (χ4n) is 1.58. The van der Waals surface area contributed by atoms with Gasteiger partial charge in [0, 0.05) is 12.6 Å². The number of nitrogens with zero attached hydrogens (tertiary/aromatic N) is 2. The molecule has 2 heteroatoms. The molecule has 1 aromatic rings. The third-order valence-electron chi connectivity index (χ3n) is 3.41. The maximum Gasteiger partial charge on any atom is 0.101 e. The molecule has 0 aromatic heterocycles. The van der Waals surface area contributed by atoms with Gasteiger partial charge in [-0.1, -0.05) is 13.0 Å². The molecular weight excluding hydrogens is 196 g/mol. The quantitative estimate of drug-likeness (QED) is 0.773. The molecule has 1 aromatic carbocycles. The van der Waals surface area contributed by atoms with Gasteiger partial charge in [-0.2, -0.15) is 5.26 Å². The van der Waals surface area contributed by atoms with Gasteiger partial charge >= 0.3 is 0 Å². The van der Waals surface area contributed by atoms with Crippen molar-refractivity contribution in [1.29, 1.82) is 5.26 Å². The summed E-state index contributed by atoms with van der Waals surface area (Å²) in [7, 11) is 2.05. The zero-order chi connectivity index (χ0) is 12.3. The number of rotatable bonds is 3. The second-order valence-corrected chi connectivity index (χ2v) is 4.86. The van der Waals surface area contributed by atoms with Crippen molar-refractivity contribution < 1.29 is 0 Å². The van der Waals surface area contributed by atoms with Gasteiger partial charge in [0.25, 0.3) is 0 Å². The molecule has 0 aliphatic carbocycles. The van der Waals surface area contributed by atoms with Crippen LogP contribution in [0.15, 0.2) is 18.2 Å². The molecule has 0 unspecified atom stereocenters. The Bertz CT molecular complexity index is 413. The Morgan fingerprint density at radius 2 is 2.00 bits per heavy atom. The fourth-order valence-corrected chi connectivity index (χ4v) is 1.58. The Hall–Kier alpha value is -1.49. The smallest absolute Gasteiger partial charge is 0.101 e. The summed E-state index contributed by atoms with van der Waals surface area (Å²) in [6, 6.07) is 8.21. The topological polar surface area (TPSA) is 27.0 Å². The van der Waals surface area contributed by atoms with E-state index in [4.69, 9.17) is 5.26 Å². The van der Waals surface area contributed by atoms with Gasteiger partial charge in [0.15, 0.2) is 0 Å². The maximum absolute atomic E-state index is 9.12. The highest BCUT2D eigenvalue weighted by Crippen LogP contribution is 2.28. The predicted octanol–water partition coefficient (Wildman–Crippen LogP) is 3.49. The van der Waals surface area contributed by atoms with E-state index >= 15 is 0 Å². The Morgan fingerprint density at radius 3 is 2.50 bits per heavy atom. The van der Waals surface area contributed by atoms with Gasteiger partial charge in [-0.25, -0.2) is 0 Å². The van der Waals surface area contributed by atoms with Crippen LogP contribution in [0.5, 0.6) is 0 Å². The van der Waals surface area contributed by atoms with Crippen molar-refractivity contribution in [2.24, 2.45) is 0 Å². The normalized spacial score (nSPS) is 11.0. The maximum atomic E-state index is 9.12. The predicted molar refractivity (Wildman–Crippen MR) is 68.7 cm³/mol. The van der Waals surface area contributed by atoms with Crippen molar-refractivity contribution in [3.63, 3.8) is 0 Å². The highest BCUT2D eigenvalue weighted by Gasteiger charge is 2.23. The molecule has 0 spiro atoms. The van der Waals surface area contributed by atoms with E-state index in [0.29, 0.717) is 0 Å². The summed E-state index contributed by atoms with van der Waals surface area (Å²) in [6.45, 7) is 8.60. The molecule has 0 aliphatic heterocycles. The highest BCUT2D eigenvalue weighted by atomic mass is 15.2. The average Bonchev–Trinajstić information content (AvgIpc) is 2.28. The van der Waals surface area contributed by atoms with E-state index in [9.17, 15) is 0 Å². The zero-order valence-corrected chi connectivity index (χ0v) is 10.8. The molecule has 0 aliphatic rings. The minimum Gasteiger partial charge on any atom is -0.368 e. The third kappa shape index (κ3) is 2.36. The van der Waals surface area contributed by atoms with E-state index in [1.807, 2.05) is 12.1 Å². The molecular formula is C14H20N2. The van der Waals surface area contributed by atoms with Crippen molar-refractivity contribution in [3.05, 3.63) is 29.3 Å². The first kappa shape index (κ1) is 12.6. The van der Waals surface area contributed by atoms with Gasteiger partial charge in [-0.3, -0.25) is 0 Å². The van der Waals surface area contributed by atoms with Crippen molar-refractivity contribution >= 4 is 5.69 Å². The Kier molecular flexibility index (Phi) is 3.59. The molecule has 0 heterocycles. The number of benzene rings is 1. The standard InChI is InChI=1S/C14H20N2/c1-6-14(3,4)16(5)13-9-11(2)7-8-12(13)10-15/h7-9H,6H2,1-5H3. The lowest BCUT2D eigenvalue weighted by Gasteiger charge is -2.37. The number of hydrogen-bond donors (Lipinski definition) is 0. The molecule has 2 nitrogen and oxygen atoms in total. The highest BCUT2D eigenvalue weighted by molar-refractivity contribution is 5.61. The molecule has 0 fully saturated rings. The van der Waals surface area contributed by atoms with Gasteiger partial charge in [0.1, 0.15) is 6.07 Å². The van der Waals surface area contributed by atoms with E-state index in [0.717, 1.165) is 17.7 Å². The van der Waals surface area contributed by atoms with Crippen LogP contribution in [0.4, 0.5) is 5.69 Å². The Morgan fingerprint density at radius 1 is 1.38 bits per heavy atom. The first-order valence-electron chi connectivity index (χ1n) is 5.67. The van der Waals surface area contributed by atoms with Crippen molar-refractivity contribution in [2.45, 2.75) is 39.7 Å². The number of nitriles is 1. The van der Waals surface area contributed by atoms with E-state index < -0.39 is 0 Å². The van der Waals surface area contributed by atoms with Gasteiger partial charge in [-0.15, -0.1) is 0 Å². The second-order valence-electron chi connectivity index (χ2n) is 4.86. The minimum absolute atomic E-state index is 0.0688. The van der Waals surface area contributed by atoms with Crippen LogP contribution in [0.25, 0.3) is 0 Å². The summed E-state index contributed by atoms with van der Waals surface area (Å²) in [6.07, 6.45) is 1.04. The van der Waals surface area contributed by atoms with Gasteiger partial charge in [0.2, 0.25) is 0 Å². The van der Waals surface area contributed by atoms with Crippen molar-refractivity contribution in [2.75, 3.05) is 11.9 Å². The summed E-state index contributed by atoms with van der Waals surface area (Å²) in [5.74, 6) is 0. The largest absolute Gasteiger partial charge is 0.368 e. The van der Waals surface area contributed by atoms with Crippen LogP contribution in [0, 0.1) is 18.3 Å². The van der Waals surface area contributed by atoms with E-state index in [1.54, 1.807) is 0 Å². The van der Waals surface area contributed by atoms with Crippen LogP contribution in [0.1, 0.15) is 38.3 Å². The third-order valence-corrected chi connectivity index (χ3v) is 3.41. The lowest BCUT2D eigenvalue weighted by molar-refractivity contribution is 0.470. The average molecular weight is 216 g/mol. The number of aryl methyl sites for hydroxylation is 1. The second kappa shape index (κ2) is 4.57. The first-order valence-corrected chi connectivity index (χ1v) is 5.67. The molecule has 0 bridgehead atoms. The van der Waals surface area contributed by atoms with Gasteiger partial charge in [0.05, 0.1) is 11.3 Å². The van der Waals surface area contributed by atoms with Crippen LogP contribution < -0.4 is 4.90 Å². The molecule has 16 heavy (non-hydrogen) atoms. The Balaban J connectivity index is 3.22. The Labute approximate surface area is 98.5 Å². The van der Waals surface area contributed by atoms with Crippen LogP contribution in [-0.4, -0.2) is 12.6 Å². The van der Waals surface area contributed by atoms with E-state index in [1.165, 1.54) is 5.56 Å². The molecule has 86 valence electrons. The monoisotopic (exact) mass is 216 g/mol. The van der Waals surface area contributed by atoms with Crippen molar-refractivity contribution in [1.82, 2.24) is 0 Å². The van der Waals surface area contributed by atoms with Crippen molar-refractivity contribution in [3.8, 4) is 6.07 Å². The van der Waals surface area contributed by atoms with Crippen LogP contribution >= 0.6 is 0 Å².